The zero-order valence-corrected chi connectivity index (χ0v) is 11.3. The molecule has 0 aliphatic carbocycles. The summed E-state index contributed by atoms with van der Waals surface area (Å²) >= 11 is 3.16. The van der Waals surface area contributed by atoms with Gasteiger partial charge in [-0.25, -0.2) is 14.0 Å². The van der Waals surface area contributed by atoms with E-state index in [0.717, 1.165) is 10.8 Å². The fourth-order valence-electron chi connectivity index (χ4n) is 1.59. The van der Waals surface area contributed by atoms with Crippen LogP contribution in [0.5, 0.6) is 0 Å². The molecule has 0 radical (unpaired) electrons. The fourth-order valence-corrected chi connectivity index (χ4v) is 1.95. The molecule has 5 nitrogen and oxygen atoms in total. The topological polar surface area (TPSA) is 72.2 Å². The smallest absolute Gasteiger partial charge is 0.347 e. The minimum Gasteiger partial charge on any atom is -0.478 e. The van der Waals surface area contributed by atoms with E-state index in [9.17, 15) is 14.0 Å². The van der Waals surface area contributed by atoms with Gasteiger partial charge >= 0.3 is 11.7 Å². The van der Waals surface area contributed by atoms with Gasteiger partial charge in [0, 0.05) is 23.3 Å². The number of halogens is 2. The van der Waals surface area contributed by atoms with E-state index in [1.165, 1.54) is 25.2 Å². The molecule has 0 aliphatic heterocycles. The maximum absolute atomic E-state index is 13.8. The molecule has 98 valence electrons. The second-order valence-electron chi connectivity index (χ2n) is 3.83. The third-order valence-corrected chi connectivity index (χ3v) is 2.99. The van der Waals surface area contributed by atoms with Crippen molar-refractivity contribution in [2.45, 2.75) is 0 Å². The predicted octanol–water partition coefficient (Wildman–Crippen LogP) is 2.05. The highest BCUT2D eigenvalue weighted by atomic mass is 79.9. The zero-order chi connectivity index (χ0) is 14.2. The highest BCUT2D eigenvalue weighted by Gasteiger charge is 2.18. The van der Waals surface area contributed by atoms with Gasteiger partial charge in [-0.05, 0) is 18.2 Å². The number of hydrogen-bond acceptors (Lipinski definition) is 3. The third-order valence-electron chi connectivity index (χ3n) is 2.50. The van der Waals surface area contributed by atoms with Crippen LogP contribution in [0.3, 0.4) is 0 Å². The highest BCUT2D eigenvalue weighted by Crippen LogP contribution is 2.26. The maximum Gasteiger partial charge on any atom is 0.347 e. The van der Waals surface area contributed by atoms with E-state index in [1.807, 2.05) is 0 Å². The molecule has 0 amide bonds. The standard InChI is InChI=1S/C12H8BrFN2O3/c1-16-5-8(11(17)18)10(15-12(16)19)7-4-6(13)2-3-9(7)14/h2-5H,1H3,(H,17,18). The van der Waals surface area contributed by atoms with Crippen LogP contribution in [0.15, 0.2) is 33.7 Å². The van der Waals surface area contributed by atoms with Crippen LogP contribution in [-0.4, -0.2) is 20.6 Å². The molecule has 0 bridgehead atoms. The lowest BCUT2D eigenvalue weighted by atomic mass is 10.1. The van der Waals surface area contributed by atoms with Gasteiger partial charge in [-0.3, -0.25) is 0 Å². The summed E-state index contributed by atoms with van der Waals surface area (Å²) in [7, 11) is 1.38. The minimum absolute atomic E-state index is 0.0375. The molecular weight excluding hydrogens is 319 g/mol. The van der Waals surface area contributed by atoms with Gasteiger partial charge < -0.3 is 9.67 Å². The van der Waals surface area contributed by atoms with Crippen LogP contribution in [0.25, 0.3) is 11.3 Å². The Balaban J connectivity index is 2.81. The van der Waals surface area contributed by atoms with Gasteiger partial charge in [-0.1, -0.05) is 15.9 Å². The molecule has 0 spiro atoms. The van der Waals surface area contributed by atoms with Crippen molar-refractivity contribution >= 4 is 21.9 Å². The van der Waals surface area contributed by atoms with Crippen molar-refractivity contribution in [3.05, 3.63) is 50.7 Å². The summed E-state index contributed by atoms with van der Waals surface area (Å²) in [5, 5.41) is 9.11. The Morgan fingerprint density at radius 2 is 2.16 bits per heavy atom. The zero-order valence-electron chi connectivity index (χ0n) is 9.72. The molecular formula is C12H8BrFN2O3. The lowest BCUT2D eigenvalue weighted by molar-refractivity contribution is 0.0696. The number of aryl methyl sites for hydroxylation is 1. The number of nitrogens with zero attached hydrogens (tertiary/aromatic N) is 2. The third kappa shape index (κ3) is 2.55. The Labute approximate surface area is 115 Å². The quantitative estimate of drug-likeness (QED) is 0.916. The van der Waals surface area contributed by atoms with Crippen molar-refractivity contribution in [3.8, 4) is 11.3 Å². The first-order valence-corrected chi connectivity index (χ1v) is 5.96. The number of carboxylic acids is 1. The molecule has 1 heterocycles. The minimum atomic E-state index is -1.28. The van der Waals surface area contributed by atoms with E-state index < -0.39 is 17.5 Å². The van der Waals surface area contributed by atoms with E-state index in [1.54, 1.807) is 0 Å². The van der Waals surface area contributed by atoms with Gasteiger partial charge in [-0.15, -0.1) is 0 Å². The van der Waals surface area contributed by atoms with Crippen molar-refractivity contribution < 1.29 is 14.3 Å². The van der Waals surface area contributed by atoms with Crippen molar-refractivity contribution in [3.63, 3.8) is 0 Å². The number of rotatable bonds is 2. The molecule has 19 heavy (non-hydrogen) atoms. The SMILES string of the molecule is Cn1cc(C(=O)O)c(-c2cc(Br)ccc2F)nc1=O. The summed E-state index contributed by atoms with van der Waals surface area (Å²) in [5.41, 5.74) is -1.11. The van der Waals surface area contributed by atoms with Gasteiger partial charge in [0.15, 0.2) is 0 Å². The molecule has 0 aliphatic rings. The molecule has 1 aromatic carbocycles. The van der Waals surface area contributed by atoms with Crippen molar-refractivity contribution in [2.75, 3.05) is 0 Å². The second kappa shape index (κ2) is 4.93. The molecule has 2 aromatic rings. The van der Waals surface area contributed by atoms with Crippen LogP contribution in [0.4, 0.5) is 4.39 Å². The Hall–Kier alpha value is -2.02. The molecule has 2 rings (SSSR count). The highest BCUT2D eigenvalue weighted by molar-refractivity contribution is 9.10. The second-order valence-corrected chi connectivity index (χ2v) is 4.74. The van der Waals surface area contributed by atoms with Crippen molar-refractivity contribution in [1.82, 2.24) is 9.55 Å². The van der Waals surface area contributed by atoms with Gasteiger partial charge in [-0.2, -0.15) is 4.98 Å². The average Bonchev–Trinajstić information content (AvgIpc) is 2.35. The van der Waals surface area contributed by atoms with Crippen molar-refractivity contribution in [2.24, 2.45) is 7.05 Å². The van der Waals surface area contributed by atoms with Crippen LogP contribution in [0.1, 0.15) is 10.4 Å². The Morgan fingerprint density at radius 3 is 2.79 bits per heavy atom. The summed E-state index contributed by atoms with van der Waals surface area (Å²) in [6, 6.07) is 4.02. The first-order chi connectivity index (χ1) is 8.90. The van der Waals surface area contributed by atoms with Crippen LogP contribution < -0.4 is 5.69 Å². The lowest BCUT2D eigenvalue weighted by Crippen LogP contribution is -2.23. The van der Waals surface area contributed by atoms with Crippen LogP contribution in [0.2, 0.25) is 0 Å². The largest absolute Gasteiger partial charge is 0.478 e. The van der Waals surface area contributed by atoms with Crippen molar-refractivity contribution in [1.29, 1.82) is 0 Å². The summed E-state index contributed by atoms with van der Waals surface area (Å²) < 4.78 is 15.4. The van der Waals surface area contributed by atoms with Crippen LogP contribution >= 0.6 is 15.9 Å². The van der Waals surface area contributed by atoms with Crippen LogP contribution in [0, 0.1) is 5.82 Å². The normalized spacial score (nSPS) is 10.5. The maximum atomic E-state index is 13.8. The Kier molecular flexibility index (Phi) is 3.48. The molecule has 1 aromatic heterocycles. The summed E-state index contributed by atoms with van der Waals surface area (Å²) in [6.45, 7) is 0. The molecule has 0 atom stereocenters. The summed E-state index contributed by atoms with van der Waals surface area (Å²) in [4.78, 5) is 26.3. The Bertz CT molecular complexity index is 727. The summed E-state index contributed by atoms with van der Waals surface area (Å²) in [5.74, 6) is -1.93. The van der Waals surface area contributed by atoms with Gasteiger partial charge in [0.05, 0.1) is 5.69 Å². The van der Waals surface area contributed by atoms with Gasteiger partial charge in [0.2, 0.25) is 0 Å². The monoisotopic (exact) mass is 326 g/mol. The fraction of sp³-hybridized carbons (Fsp3) is 0.0833. The van der Waals surface area contributed by atoms with E-state index in [4.69, 9.17) is 5.11 Å². The molecule has 0 saturated carbocycles. The molecule has 0 unspecified atom stereocenters. The molecule has 0 saturated heterocycles. The van der Waals surface area contributed by atoms with E-state index >= 15 is 0 Å². The molecule has 1 N–H and O–H groups in total. The molecule has 0 fully saturated rings. The lowest BCUT2D eigenvalue weighted by Gasteiger charge is -2.08. The van der Waals surface area contributed by atoms with E-state index in [2.05, 4.69) is 20.9 Å². The first kappa shape index (κ1) is 13.4. The average molecular weight is 327 g/mol. The Morgan fingerprint density at radius 1 is 1.47 bits per heavy atom. The van der Waals surface area contributed by atoms with Gasteiger partial charge in [0.1, 0.15) is 11.4 Å². The molecule has 7 heteroatoms. The van der Waals surface area contributed by atoms with Gasteiger partial charge in [0.25, 0.3) is 0 Å². The number of carboxylic acid groups (broad SMARTS) is 1. The van der Waals surface area contributed by atoms with E-state index in [-0.39, 0.29) is 16.8 Å². The number of carbonyl (C=O) groups is 1. The summed E-state index contributed by atoms with van der Waals surface area (Å²) in [6.07, 6.45) is 1.12. The number of aromatic nitrogens is 2. The number of benzene rings is 1. The first-order valence-electron chi connectivity index (χ1n) is 5.16. The van der Waals surface area contributed by atoms with Crippen LogP contribution in [-0.2, 0) is 7.05 Å². The van der Waals surface area contributed by atoms with E-state index in [0.29, 0.717) is 4.47 Å². The number of aromatic carboxylic acids is 1. The predicted molar refractivity (Wildman–Crippen MR) is 69.5 cm³/mol. The number of hydrogen-bond donors (Lipinski definition) is 1.